The number of thioether (sulfide) groups is 1. The van der Waals surface area contributed by atoms with Crippen molar-refractivity contribution in [1.82, 2.24) is 0 Å². The lowest BCUT2D eigenvalue weighted by molar-refractivity contribution is 0.389. The molecule has 2 unspecified atom stereocenters. The molecule has 26 heavy (non-hydrogen) atoms. The van der Waals surface area contributed by atoms with Crippen molar-refractivity contribution in [3.8, 4) is 0 Å². The third kappa shape index (κ3) is 12.8. The first-order valence-electron chi connectivity index (χ1n) is 11.1. The lowest BCUT2D eigenvalue weighted by atomic mass is 9.91. The van der Waals surface area contributed by atoms with Gasteiger partial charge in [-0.2, -0.15) is 0 Å². The monoisotopic (exact) mass is 376 g/mol. The summed E-state index contributed by atoms with van der Waals surface area (Å²) in [7, 11) is 0. The molecule has 0 radical (unpaired) electrons. The van der Waals surface area contributed by atoms with Crippen molar-refractivity contribution in [3.63, 3.8) is 0 Å². The van der Waals surface area contributed by atoms with Crippen LogP contribution in [0.15, 0.2) is 36.0 Å². The van der Waals surface area contributed by atoms with Crippen molar-refractivity contribution >= 4 is 11.8 Å². The fraction of sp³-hybridized carbons (Fsp3) is 0.760. The van der Waals surface area contributed by atoms with Crippen LogP contribution in [0, 0.1) is 17.8 Å². The van der Waals surface area contributed by atoms with Gasteiger partial charge in [0.25, 0.3) is 0 Å². The summed E-state index contributed by atoms with van der Waals surface area (Å²) < 4.78 is 0. The fourth-order valence-corrected chi connectivity index (χ4v) is 4.64. The number of hydrogen-bond acceptors (Lipinski definition) is 1. The summed E-state index contributed by atoms with van der Waals surface area (Å²) in [6.07, 6.45) is 23.9. The van der Waals surface area contributed by atoms with Crippen molar-refractivity contribution in [2.24, 2.45) is 17.8 Å². The zero-order valence-electron chi connectivity index (χ0n) is 18.2. The van der Waals surface area contributed by atoms with Crippen LogP contribution in [0.3, 0.4) is 0 Å². The van der Waals surface area contributed by atoms with Gasteiger partial charge in [0.15, 0.2) is 0 Å². The van der Waals surface area contributed by atoms with Crippen LogP contribution in [-0.4, -0.2) is 11.0 Å². The average molecular weight is 377 g/mol. The first-order valence-corrected chi connectivity index (χ1v) is 12.1. The quantitative estimate of drug-likeness (QED) is 0.258. The number of allylic oxidation sites excluding steroid dienone is 3. The van der Waals surface area contributed by atoms with E-state index in [1.54, 1.807) is 5.57 Å². The van der Waals surface area contributed by atoms with E-state index in [-0.39, 0.29) is 0 Å². The Morgan fingerprint density at radius 1 is 0.846 bits per heavy atom. The molecule has 1 rings (SSSR count). The van der Waals surface area contributed by atoms with Gasteiger partial charge in [0.1, 0.15) is 0 Å². The molecule has 0 nitrogen and oxygen atoms in total. The SMILES string of the molecule is C/C(=C\CSC1C=CC=C1)CCCC(C)CCCC(C)CCCC(C)C. The molecular weight excluding hydrogens is 332 g/mol. The zero-order chi connectivity index (χ0) is 19.2. The number of hydrogen-bond donors (Lipinski definition) is 0. The summed E-state index contributed by atoms with van der Waals surface area (Å²) in [5.41, 5.74) is 1.58. The molecule has 0 amide bonds. The first-order chi connectivity index (χ1) is 12.5. The Kier molecular flexibility index (Phi) is 13.3. The molecule has 0 fully saturated rings. The smallest absolute Gasteiger partial charge is 0.0416 e. The van der Waals surface area contributed by atoms with E-state index in [0.717, 1.165) is 23.5 Å². The van der Waals surface area contributed by atoms with E-state index in [1.165, 1.54) is 57.8 Å². The van der Waals surface area contributed by atoms with Crippen LogP contribution in [0.1, 0.15) is 92.4 Å². The molecule has 0 saturated carbocycles. The maximum absolute atomic E-state index is 2.46. The second kappa shape index (κ2) is 14.6. The van der Waals surface area contributed by atoms with E-state index in [9.17, 15) is 0 Å². The van der Waals surface area contributed by atoms with Crippen molar-refractivity contribution in [2.45, 2.75) is 97.7 Å². The second-order valence-electron chi connectivity index (χ2n) is 8.98. The van der Waals surface area contributed by atoms with E-state index < -0.39 is 0 Å². The highest BCUT2D eigenvalue weighted by Gasteiger charge is 2.07. The van der Waals surface area contributed by atoms with Gasteiger partial charge in [-0.05, 0) is 37.5 Å². The average Bonchev–Trinajstić information content (AvgIpc) is 3.08. The minimum Gasteiger partial charge on any atom is -0.146 e. The molecule has 0 spiro atoms. The highest BCUT2D eigenvalue weighted by atomic mass is 32.2. The van der Waals surface area contributed by atoms with E-state index in [0.29, 0.717) is 5.25 Å². The predicted molar refractivity (Wildman–Crippen MR) is 123 cm³/mol. The third-order valence-corrected chi connectivity index (χ3v) is 6.63. The molecule has 1 aliphatic rings. The molecule has 1 heteroatoms. The lowest BCUT2D eigenvalue weighted by Crippen LogP contribution is -2.00. The molecule has 0 N–H and O–H groups in total. The van der Waals surface area contributed by atoms with Crippen LogP contribution >= 0.6 is 11.8 Å². The van der Waals surface area contributed by atoms with E-state index in [4.69, 9.17) is 0 Å². The van der Waals surface area contributed by atoms with Gasteiger partial charge in [-0.3, -0.25) is 0 Å². The molecule has 0 aliphatic heterocycles. The van der Waals surface area contributed by atoms with E-state index >= 15 is 0 Å². The van der Waals surface area contributed by atoms with Crippen LogP contribution in [0.2, 0.25) is 0 Å². The Morgan fingerprint density at radius 2 is 1.38 bits per heavy atom. The minimum absolute atomic E-state index is 0.604. The minimum atomic E-state index is 0.604. The van der Waals surface area contributed by atoms with Crippen LogP contribution in [0.5, 0.6) is 0 Å². The van der Waals surface area contributed by atoms with Crippen molar-refractivity contribution < 1.29 is 0 Å². The Bertz CT molecular complexity index is 417. The van der Waals surface area contributed by atoms with Gasteiger partial charge < -0.3 is 0 Å². The molecule has 0 aromatic heterocycles. The van der Waals surface area contributed by atoms with Crippen molar-refractivity contribution in [3.05, 3.63) is 36.0 Å². The van der Waals surface area contributed by atoms with Gasteiger partial charge >= 0.3 is 0 Å². The van der Waals surface area contributed by atoms with Gasteiger partial charge in [-0.25, -0.2) is 0 Å². The van der Waals surface area contributed by atoms with E-state index in [2.05, 4.69) is 65.0 Å². The Balaban J connectivity index is 1.98. The summed E-state index contributed by atoms with van der Waals surface area (Å²) in [6, 6.07) is 0. The van der Waals surface area contributed by atoms with Crippen LogP contribution in [0.25, 0.3) is 0 Å². The molecule has 2 atom stereocenters. The Hall–Kier alpha value is -0.430. The Labute approximate surface area is 169 Å². The summed E-state index contributed by atoms with van der Waals surface area (Å²) in [6.45, 7) is 11.9. The molecule has 1 aliphatic carbocycles. The van der Waals surface area contributed by atoms with Crippen molar-refractivity contribution in [2.75, 3.05) is 5.75 Å². The van der Waals surface area contributed by atoms with Crippen LogP contribution < -0.4 is 0 Å². The normalized spacial score (nSPS) is 17.4. The largest absolute Gasteiger partial charge is 0.146 e. The van der Waals surface area contributed by atoms with Crippen LogP contribution in [0.4, 0.5) is 0 Å². The third-order valence-electron chi connectivity index (χ3n) is 5.57. The maximum atomic E-state index is 2.46. The second-order valence-corrected chi connectivity index (χ2v) is 10.2. The summed E-state index contributed by atoms with van der Waals surface area (Å²) in [4.78, 5) is 0. The first kappa shape index (κ1) is 23.6. The maximum Gasteiger partial charge on any atom is 0.0416 e. The highest BCUT2D eigenvalue weighted by Crippen LogP contribution is 2.23. The van der Waals surface area contributed by atoms with Gasteiger partial charge in [0.2, 0.25) is 0 Å². The summed E-state index contributed by atoms with van der Waals surface area (Å²) in [5.74, 6) is 3.84. The molecule has 0 aromatic carbocycles. The fourth-order valence-electron chi connectivity index (χ4n) is 3.63. The topological polar surface area (TPSA) is 0 Å². The molecule has 0 heterocycles. The predicted octanol–water partition coefficient (Wildman–Crippen LogP) is 8.60. The molecular formula is C25H44S. The Morgan fingerprint density at radius 3 is 1.96 bits per heavy atom. The van der Waals surface area contributed by atoms with Crippen molar-refractivity contribution in [1.29, 1.82) is 0 Å². The molecule has 0 saturated heterocycles. The van der Waals surface area contributed by atoms with E-state index in [1.807, 2.05) is 11.8 Å². The summed E-state index contributed by atoms with van der Waals surface area (Å²) >= 11 is 2.02. The van der Waals surface area contributed by atoms with Gasteiger partial charge in [-0.1, -0.05) is 109 Å². The number of rotatable bonds is 15. The summed E-state index contributed by atoms with van der Waals surface area (Å²) in [5, 5.41) is 0.604. The zero-order valence-corrected chi connectivity index (χ0v) is 19.0. The molecule has 0 aromatic rings. The molecule has 0 bridgehead atoms. The van der Waals surface area contributed by atoms with Gasteiger partial charge in [-0.15, -0.1) is 11.8 Å². The lowest BCUT2D eigenvalue weighted by Gasteiger charge is -2.15. The van der Waals surface area contributed by atoms with Crippen LogP contribution in [-0.2, 0) is 0 Å². The van der Waals surface area contributed by atoms with Gasteiger partial charge in [0, 0.05) is 11.0 Å². The molecule has 150 valence electrons. The van der Waals surface area contributed by atoms with Gasteiger partial charge in [0.05, 0.1) is 0 Å². The highest BCUT2D eigenvalue weighted by molar-refractivity contribution is 8.00. The standard InChI is InChI=1S/C25H44S/c1-21(2)11-8-12-22(3)13-9-14-23(4)15-10-16-24(5)19-20-26-25-17-6-7-18-25/h6-7,17-19,21-23,25H,8-16,20H2,1-5H3/b24-19+.